The Morgan fingerprint density at radius 2 is 1.60 bits per heavy atom. The van der Waals surface area contributed by atoms with Crippen LogP contribution in [0.2, 0.25) is 0 Å². The van der Waals surface area contributed by atoms with Crippen molar-refractivity contribution in [3.8, 4) is 0 Å². The molecule has 0 aliphatic heterocycles. The Labute approximate surface area is 235 Å². The maximum atomic E-state index is 13.9. The van der Waals surface area contributed by atoms with Crippen molar-refractivity contribution in [2.75, 3.05) is 37.2 Å². The largest absolute Gasteiger partial charge is 0.464 e. The van der Waals surface area contributed by atoms with Crippen molar-refractivity contribution in [2.45, 2.75) is 79.1 Å². The molecule has 0 bridgehead atoms. The highest BCUT2D eigenvalue weighted by Crippen LogP contribution is 2.38. The Hall–Kier alpha value is -2.80. The first-order chi connectivity index (χ1) is 18.9. The molecule has 2 aromatic heterocycles. The van der Waals surface area contributed by atoms with E-state index in [4.69, 9.17) is 19.9 Å². The molecule has 14 nitrogen and oxygen atoms in total. The molecule has 3 rings (SSSR count). The van der Waals surface area contributed by atoms with Crippen molar-refractivity contribution in [1.82, 2.24) is 29.7 Å². The first kappa shape index (κ1) is 31.7. The third-order valence-electron chi connectivity index (χ3n) is 5.78. The zero-order valence-electron chi connectivity index (χ0n) is 24.2. The van der Waals surface area contributed by atoms with E-state index in [2.05, 4.69) is 30.4 Å². The van der Waals surface area contributed by atoms with Gasteiger partial charge in [-0.2, -0.15) is 9.97 Å². The number of fused-ring (bicyclic) bond motifs is 1. The quantitative estimate of drug-likeness (QED) is 0.121. The van der Waals surface area contributed by atoms with Gasteiger partial charge in [0.1, 0.15) is 18.4 Å². The van der Waals surface area contributed by atoms with Crippen LogP contribution in [0.15, 0.2) is 6.33 Å². The Bertz CT molecular complexity index is 1170. The molecule has 0 radical (unpaired) electrons. The van der Waals surface area contributed by atoms with Crippen molar-refractivity contribution in [3.63, 3.8) is 0 Å². The van der Waals surface area contributed by atoms with Crippen LogP contribution in [0.4, 0.5) is 11.8 Å². The second-order valence-electron chi connectivity index (χ2n) is 11.0. The van der Waals surface area contributed by atoms with Crippen LogP contribution in [-0.4, -0.2) is 75.8 Å². The topological polar surface area (TPSA) is 185 Å². The fourth-order valence-electron chi connectivity index (χ4n) is 3.59. The summed E-state index contributed by atoms with van der Waals surface area (Å²) in [6.45, 7) is 11.7. The summed E-state index contributed by atoms with van der Waals surface area (Å²) < 4.78 is 32.0. The van der Waals surface area contributed by atoms with E-state index in [1.807, 2.05) is 27.7 Å². The molecule has 224 valence electrons. The zero-order chi connectivity index (χ0) is 29.4. The van der Waals surface area contributed by atoms with Crippen molar-refractivity contribution in [2.24, 2.45) is 11.8 Å². The van der Waals surface area contributed by atoms with Gasteiger partial charge in [0.25, 0.3) is 0 Å². The summed E-state index contributed by atoms with van der Waals surface area (Å²) in [5.74, 6) is -0.0690. The van der Waals surface area contributed by atoms with Gasteiger partial charge in [-0.3, -0.25) is 14.2 Å². The normalized spacial score (nSPS) is 16.6. The van der Waals surface area contributed by atoms with Crippen LogP contribution in [-0.2, 0) is 34.9 Å². The SMILES string of the molecule is CC(C)COC(=O)C(C)NP(=O)(COCCn1cnc2c(NC3CC3)nc(N)nc21)NC(C)C(=O)OCC(C)C. The van der Waals surface area contributed by atoms with E-state index in [-0.39, 0.29) is 44.0 Å². The molecule has 0 spiro atoms. The predicted octanol–water partition coefficient (Wildman–Crippen LogP) is 2.50. The van der Waals surface area contributed by atoms with E-state index in [1.165, 1.54) is 0 Å². The zero-order valence-corrected chi connectivity index (χ0v) is 25.1. The van der Waals surface area contributed by atoms with Crippen molar-refractivity contribution in [3.05, 3.63) is 6.33 Å². The van der Waals surface area contributed by atoms with Crippen molar-refractivity contribution < 1.29 is 28.4 Å². The Balaban J connectivity index is 1.64. The number of hydrogen-bond donors (Lipinski definition) is 4. The molecule has 2 aromatic rings. The van der Waals surface area contributed by atoms with Gasteiger partial charge in [-0.15, -0.1) is 0 Å². The fourth-order valence-corrected chi connectivity index (χ4v) is 5.66. The van der Waals surface area contributed by atoms with E-state index in [0.29, 0.717) is 29.6 Å². The summed E-state index contributed by atoms with van der Waals surface area (Å²) in [6, 6.07) is -1.45. The molecule has 1 saturated carbocycles. The molecule has 1 aliphatic carbocycles. The number of nitrogen functional groups attached to an aromatic ring is 1. The van der Waals surface area contributed by atoms with Crippen molar-refractivity contribution in [1.29, 1.82) is 0 Å². The lowest BCUT2D eigenvalue weighted by atomic mass is 10.2. The number of carbonyl (C=O) groups excluding carboxylic acids is 2. The second-order valence-corrected chi connectivity index (χ2v) is 13.2. The Morgan fingerprint density at radius 1 is 1.02 bits per heavy atom. The van der Waals surface area contributed by atoms with Crippen LogP contribution in [0.25, 0.3) is 11.2 Å². The molecule has 2 unspecified atom stereocenters. The number of anilines is 2. The lowest BCUT2D eigenvalue weighted by molar-refractivity contribution is -0.146. The van der Waals surface area contributed by atoms with Gasteiger partial charge in [0, 0.05) is 12.6 Å². The first-order valence-corrected chi connectivity index (χ1v) is 15.6. The van der Waals surface area contributed by atoms with E-state index in [0.717, 1.165) is 12.8 Å². The number of hydrogen-bond acceptors (Lipinski definition) is 11. The molecule has 0 saturated heterocycles. The van der Waals surface area contributed by atoms with Crippen LogP contribution in [0.5, 0.6) is 0 Å². The average molecular weight is 583 g/mol. The number of nitrogens with two attached hydrogens (primary N) is 1. The molecule has 0 amide bonds. The highest BCUT2D eigenvalue weighted by molar-refractivity contribution is 7.59. The molecule has 2 heterocycles. The maximum Gasteiger partial charge on any atom is 0.323 e. The third kappa shape index (κ3) is 9.69. The molecular weight excluding hydrogens is 539 g/mol. The van der Waals surface area contributed by atoms with Crippen LogP contribution in [0.3, 0.4) is 0 Å². The van der Waals surface area contributed by atoms with Crippen LogP contribution < -0.4 is 21.2 Å². The summed E-state index contributed by atoms with van der Waals surface area (Å²) in [6.07, 6.45) is 3.47. The van der Waals surface area contributed by atoms with Gasteiger partial charge in [-0.1, -0.05) is 27.7 Å². The minimum Gasteiger partial charge on any atom is -0.464 e. The predicted molar refractivity (Wildman–Crippen MR) is 152 cm³/mol. The highest BCUT2D eigenvalue weighted by Gasteiger charge is 2.32. The van der Waals surface area contributed by atoms with Crippen LogP contribution in [0, 0.1) is 11.8 Å². The fraction of sp³-hybridized carbons (Fsp3) is 0.720. The summed E-state index contributed by atoms with van der Waals surface area (Å²) >= 11 is 0. The lowest BCUT2D eigenvalue weighted by Crippen LogP contribution is -2.43. The van der Waals surface area contributed by atoms with Gasteiger partial charge in [-0.25, -0.2) is 15.2 Å². The Morgan fingerprint density at radius 3 is 2.12 bits per heavy atom. The van der Waals surface area contributed by atoms with Crippen molar-refractivity contribution >= 4 is 42.3 Å². The summed E-state index contributed by atoms with van der Waals surface area (Å²) in [7, 11) is -3.62. The highest BCUT2D eigenvalue weighted by atomic mass is 31.2. The number of imidazole rings is 1. The minimum absolute atomic E-state index is 0.132. The average Bonchev–Trinajstić information content (AvgIpc) is 3.60. The third-order valence-corrected chi connectivity index (χ3v) is 7.93. The van der Waals surface area contributed by atoms with E-state index >= 15 is 0 Å². The number of carbonyl (C=O) groups is 2. The number of ether oxygens (including phenoxy) is 3. The van der Waals surface area contributed by atoms with Gasteiger partial charge in [0.2, 0.25) is 13.4 Å². The van der Waals surface area contributed by atoms with Gasteiger partial charge in [-0.05, 0) is 38.5 Å². The monoisotopic (exact) mass is 582 g/mol. The molecule has 40 heavy (non-hydrogen) atoms. The molecule has 5 N–H and O–H groups in total. The number of nitrogens with zero attached hydrogens (tertiary/aromatic N) is 4. The number of rotatable bonds is 17. The molecule has 2 atom stereocenters. The molecule has 1 aliphatic rings. The molecule has 1 fully saturated rings. The smallest absolute Gasteiger partial charge is 0.323 e. The molecule has 0 aromatic carbocycles. The van der Waals surface area contributed by atoms with Crippen LogP contribution in [0.1, 0.15) is 54.4 Å². The molecule has 15 heteroatoms. The number of nitrogens with one attached hydrogen (secondary N) is 3. The second kappa shape index (κ2) is 14.2. The lowest BCUT2D eigenvalue weighted by Gasteiger charge is -2.26. The number of aromatic nitrogens is 4. The van der Waals surface area contributed by atoms with E-state index in [1.54, 1.807) is 24.7 Å². The first-order valence-electron chi connectivity index (χ1n) is 13.7. The minimum atomic E-state index is -3.62. The van der Waals surface area contributed by atoms with E-state index < -0.39 is 31.5 Å². The van der Waals surface area contributed by atoms with Gasteiger partial charge < -0.3 is 29.8 Å². The Kier molecular flexibility index (Phi) is 11.3. The standard InChI is InChI=1S/C25H43N8O6P/c1-15(2)11-38-23(34)17(5)31-40(36,32-18(6)24(35)39-12-16(3)4)14-37-10-9-33-13-27-20-21(28-19-7-8-19)29-25(26)30-22(20)33/h13,15-19H,7-12,14H2,1-6H3,(H2,31,32,36)(H3,26,28,29,30). The van der Waals surface area contributed by atoms with Gasteiger partial charge >= 0.3 is 11.9 Å². The maximum absolute atomic E-state index is 13.9. The van der Waals surface area contributed by atoms with Gasteiger partial charge in [0.05, 0.1) is 26.1 Å². The van der Waals surface area contributed by atoms with Gasteiger partial charge in [0.15, 0.2) is 17.0 Å². The number of esters is 2. The van der Waals surface area contributed by atoms with E-state index in [9.17, 15) is 14.2 Å². The van der Waals surface area contributed by atoms with Crippen LogP contribution >= 0.6 is 7.44 Å². The summed E-state index contributed by atoms with van der Waals surface area (Å²) in [5.41, 5.74) is 7.08. The summed E-state index contributed by atoms with van der Waals surface area (Å²) in [5, 5.41) is 8.92. The summed E-state index contributed by atoms with van der Waals surface area (Å²) in [4.78, 5) is 37.9. The molecular formula is C25H43N8O6P.